The SMILES string of the molecule is C=C1C[C@H](CC[C@@]23C[C@H]4OC5C(O[C@H]6CC[C@H](CC(=O)C[C@@H]7C[C@@H](C[C@H](O)CNC(=O)CNC(=O)[C@H](Cc8ccccc8)NC(=O)CNC(C)=O)O[C@H]7C)O[C@@H]6[C@@H]5O2)C4O3)O[C@H]1CC[C@H]1C[C@@H](C)C(=C)[C@@H](C)O1. The minimum absolute atomic E-state index is 0.00938. The zero-order valence-corrected chi connectivity index (χ0v) is 43.0. The number of ether oxygens (including phenoxy) is 8. The number of ketones is 1. The number of rotatable bonds is 22. The molecule has 9 fully saturated rings. The Morgan fingerprint density at radius 3 is 2.27 bits per heavy atom. The van der Waals surface area contributed by atoms with E-state index in [0.717, 1.165) is 49.7 Å². The number of Topliss-reactive ketones (excluding diaryl/α,β-unsaturated/α-hetero) is 1. The van der Waals surface area contributed by atoms with E-state index < -0.39 is 41.8 Å². The minimum Gasteiger partial charge on any atom is -0.391 e. The van der Waals surface area contributed by atoms with E-state index in [1.807, 2.05) is 37.3 Å². The number of aliphatic hydroxyl groups is 1. The molecule has 0 aromatic heterocycles. The summed E-state index contributed by atoms with van der Waals surface area (Å²) in [6, 6.07) is 8.10. The van der Waals surface area contributed by atoms with Gasteiger partial charge < -0.3 is 64.3 Å². The van der Waals surface area contributed by atoms with Gasteiger partial charge in [-0.05, 0) is 93.8 Å². The lowest BCUT2D eigenvalue weighted by atomic mass is 9.86. The molecule has 4 amide bonds. The van der Waals surface area contributed by atoms with Crippen molar-refractivity contribution in [2.24, 2.45) is 11.8 Å². The monoisotopic (exact) mass is 1020 g/mol. The Morgan fingerprint density at radius 2 is 1.49 bits per heavy atom. The molecule has 10 rings (SSSR count). The molecule has 6 bridgehead atoms. The van der Waals surface area contributed by atoms with Crippen LogP contribution in [-0.4, -0.2) is 158 Å². The third kappa shape index (κ3) is 13.1. The predicted molar refractivity (Wildman–Crippen MR) is 265 cm³/mol. The van der Waals surface area contributed by atoms with E-state index >= 15 is 0 Å². The molecule has 0 aliphatic carbocycles. The second kappa shape index (κ2) is 23.4. The molecular weight excluding hydrogens is 941 g/mol. The van der Waals surface area contributed by atoms with Gasteiger partial charge in [0.2, 0.25) is 23.6 Å². The Hall–Kier alpha value is -4.11. The van der Waals surface area contributed by atoms with Crippen LogP contribution in [0.5, 0.6) is 0 Å². The third-order valence-corrected chi connectivity index (χ3v) is 16.6. The van der Waals surface area contributed by atoms with E-state index in [1.54, 1.807) is 0 Å². The predicted octanol–water partition coefficient (Wildman–Crippen LogP) is 3.59. The van der Waals surface area contributed by atoms with Crippen molar-refractivity contribution in [3.63, 3.8) is 0 Å². The summed E-state index contributed by atoms with van der Waals surface area (Å²) in [6.45, 7) is 15.4. The van der Waals surface area contributed by atoms with Crippen LogP contribution in [0.2, 0.25) is 0 Å². The Labute approximate surface area is 429 Å². The number of hydrogen-bond donors (Lipinski definition) is 5. The fraction of sp³-hybridized carbons (Fsp3) is 0.727. The molecule has 0 saturated carbocycles. The van der Waals surface area contributed by atoms with Crippen molar-refractivity contribution in [3.05, 3.63) is 60.2 Å². The lowest BCUT2D eigenvalue weighted by Crippen LogP contribution is -2.61. The first-order valence-electron chi connectivity index (χ1n) is 26.9. The van der Waals surface area contributed by atoms with E-state index in [2.05, 4.69) is 48.3 Å². The van der Waals surface area contributed by atoms with Crippen LogP contribution in [-0.2, 0) is 68.3 Å². The molecule has 19 atom stereocenters. The fourth-order valence-corrected chi connectivity index (χ4v) is 12.7. The van der Waals surface area contributed by atoms with Crippen LogP contribution < -0.4 is 21.3 Å². The van der Waals surface area contributed by atoms with Gasteiger partial charge >= 0.3 is 0 Å². The van der Waals surface area contributed by atoms with Gasteiger partial charge in [0.15, 0.2) is 5.79 Å². The van der Waals surface area contributed by atoms with E-state index in [1.165, 1.54) is 12.5 Å². The summed E-state index contributed by atoms with van der Waals surface area (Å²) >= 11 is 0. The van der Waals surface area contributed by atoms with Gasteiger partial charge in [-0.3, -0.25) is 24.0 Å². The van der Waals surface area contributed by atoms with Gasteiger partial charge in [0.1, 0.15) is 42.3 Å². The summed E-state index contributed by atoms with van der Waals surface area (Å²) in [5, 5.41) is 21.1. The number of benzene rings is 1. The van der Waals surface area contributed by atoms with E-state index in [-0.39, 0.29) is 136 Å². The largest absolute Gasteiger partial charge is 0.391 e. The maximum absolute atomic E-state index is 13.7. The molecule has 0 radical (unpaired) electrons. The standard InChI is InChI=1S/C55H78N4O14/c1-29-18-39(66-32(4)31(29)3)12-14-44-30(2)19-41(68-44)16-17-55-25-46-50(72-55)51-52(71-46)53(73-55)49-45(70-51)15-13-40(69-49)23-37(61)21-36-22-42(67-33(36)5)24-38(62)26-57-47(63)27-58-54(65)43(20-35-10-8-7-9-11-35)59-48(64)28-56-34(6)60/h7-11,29,32-33,36,38-46,49-53,62H,2-3,12-28H2,1,4-6H3,(H,56,60)(H,57,63)(H,58,65)(H,59,64)/t29-,32-,33+,36-,38+,39+,40-,41+,42+,43+,44+,45+,46-,49+,50?,51?,52?,53+,55+/m1/s1. The zero-order chi connectivity index (χ0) is 51.6. The molecule has 18 nitrogen and oxygen atoms in total. The second-order valence-electron chi connectivity index (χ2n) is 22.2. The van der Waals surface area contributed by atoms with Crippen LogP contribution in [0, 0.1) is 11.8 Å². The molecule has 1 aromatic carbocycles. The number of carbonyl (C=O) groups excluding carboxylic acids is 5. The summed E-state index contributed by atoms with van der Waals surface area (Å²) in [5.41, 5.74) is 3.10. The van der Waals surface area contributed by atoms with Crippen LogP contribution in [0.4, 0.5) is 0 Å². The zero-order valence-electron chi connectivity index (χ0n) is 43.0. The highest BCUT2D eigenvalue weighted by Crippen LogP contribution is 2.54. The van der Waals surface area contributed by atoms with Gasteiger partial charge in [-0.25, -0.2) is 0 Å². The molecule has 18 heteroatoms. The Kier molecular flexibility index (Phi) is 17.2. The topological polar surface area (TPSA) is 228 Å². The summed E-state index contributed by atoms with van der Waals surface area (Å²) in [7, 11) is 0. The Balaban J connectivity index is 0.695. The van der Waals surface area contributed by atoms with Crippen molar-refractivity contribution >= 4 is 29.4 Å². The van der Waals surface area contributed by atoms with Crippen molar-refractivity contribution < 1.29 is 67.0 Å². The minimum atomic E-state index is -0.992. The van der Waals surface area contributed by atoms with Crippen molar-refractivity contribution in [1.82, 2.24) is 21.3 Å². The van der Waals surface area contributed by atoms with Crippen molar-refractivity contribution in [2.45, 2.75) is 221 Å². The number of fused-ring (bicyclic) bond motifs is 1. The molecule has 1 aromatic rings. The number of aliphatic hydroxyl groups excluding tert-OH is 1. The molecular formula is C55H78N4O14. The highest BCUT2D eigenvalue weighted by atomic mass is 16.8. The Morgan fingerprint density at radius 1 is 0.740 bits per heavy atom. The number of amides is 4. The van der Waals surface area contributed by atoms with Gasteiger partial charge in [0, 0.05) is 52.0 Å². The van der Waals surface area contributed by atoms with E-state index in [9.17, 15) is 29.1 Å². The van der Waals surface area contributed by atoms with Crippen LogP contribution in [0.25, 0.3) is 0 Å². The van der Waals surface area contributed by atoms with Crippen LogP contribution in [0.1, 0.15) is 117 Å². The smallest absolute Gasteiger partial charge is 0.243 e. The first kappa shape index (κ1) is 53.7. The molecule has 9 saturated heterocycles. The van der Waals surface area contributed by atoms with Gasteiger partial charge in [-0.1, -0.05) is 50.4 Å². The van der Waals surface area contributed by atoms with Crippen molar-refractivity contribution in [3.8, 4) is 0 Å². The number of nitrogens with one attached hydrogen (secondary N) is 4. The van der Waals surface area contributed by atoms with Crippen LogP contribution >= 0.6 is 0 Å². The van der Waals surface area contributed by atoms with Crippen molar-refractivity contribution in [1.29, 1.82) is 0 Å². The average molecular weight is 1020 g/mol. The number of hydrogen-bond acceptors (Lipinski definition) is 14. The highest BCUT2D eigenvalue weighted by Gasteiger charge is 2.68. The molecule has 9 aliphatic rings. The lowest BCUT2D eigenvalue weighted by molar-refractivity contribution is -0.292. The number of carbonyl (C=O) groups is 5. The maximum Gasteiger partial charge on any atom is 0.243 e. The summed E-state index contributed by atoms with van der Waals surface area (Å²) in [6.07, 6.45) is 5.45. The normalized spacial score (nSPS) is 38.0. The molecule has 9 aliphatic heterocycles. The van der Waals surface area contributed by atoms with E-state index in [0.29, 0.717) is 38.0 Å². The average Bonchev–Trinajstić information content (AvgIpc) is 4.05. The summed E-state index contributed by atoms with van der Waals surface area (Å²) < 4.78 is 53.0. The second-order valence-corrected chi connectivity index (χ2v) is 22.2. The van der Waals surface area contributed by atoms with Gasteiger partial charge in [-0.15, -0.1) is 0 Å². The van der Waals surface area contributed by atoms with Gasteiger partial charge in [0.25, 0.3) is 0 Å². The molecule has 0 spiro atoms. The fourth-order valence-electron chi connectivity index (χ4n) is 12.7. The van der Waals surface area contributed by atoms with E-state index in [4.69, 9.17) is 37.9 Å². The Bertz CT molecular complexity index is 2170. The summed E-state index contributed by atoms with van der Waals surface area (Å²) in [4.78, 5) is 63.3. The van der Waals surface area contributed by atoms with Crippen LogP contribution in [0.3, 0.4) is 0 Å². The van der Waals surface area contributed by atoms with Gasteiger partial charge in [-0.2, -0.15) is 0 Å². The molecule has 73 heavy (non-hydrogen) atoms. The van der Waals surface area contributed by atoms with Crippen molar-refractivity contribution in [2.75, 3.05) is 19.6 Å². The summed E-state index contributed by atoms with van der Waals surface area (Å²) in [5.74, 6) is -2.36. The molecule has 402 valence electrons. The first-order chi connectivity index (χ1) is 35.0. The van der Waals surface area contributed by atoms with Gasteiger partial charge in [0.05, 0.1) is 74.1 Å². The van der Waals surface area contributed by atoms with Crippen LogP contribution in [0.15, 0.2) is 54.6 Å². The quantitative estimate of drug-likeness (QED) is 0.105. The molecule has 3 unspecified atom stereocenters. The molecule has 9 heterocycles. The third-order valence-electron chi connectivity index (χ3n) is 16.6. The maximum atomic E-state index is 13.7. The highest BCUT2D eigenvalue weighted by molar-refractivity contribution is 5.92. The molecule has 5 N–H and O–H groups in total. The first-order valence-corrected chi connectivity index (χ1v) is 26.9. The lowest BCUT2D eigenvalue weighted by Gasteiger charge is -2.47.